The van der Waals surface area contributed by atoms with Crippen molar-refractivity contribution in [2.45, 2.75) is 38.5 Å². The molecular weight excluding hydrogens is 324 g/mol. The first-order valence-corrected chi connectivity index (χ1v) is 9.45. The lowest BCUT2D eigenvalue weighted by atomic mass is 9.97. The van der Waals surface area contributed by atoms with Crippen LogP contribution in [0.15, 0.2) is 48.3 Å². The molecular formula is C21H24N4O. The van der Waals surface area contributed by atoms with E-state index in [1.54, 1.807) is 6.07 Å². The molecule has 0 radical (unpaired) electrons. The highest BCUT2D eigenvalue weighted by Gasteiger charge is 2.21. The van der Waals surface area contributed by atoms with E-state index in [-0.39, 0.29) is 5.91 Å². The smallest absolute Gasteiger partial charge is 0.270 e. The molecule has 1 aliphatic heterocycles. The summed E-state index contributed by atoms with van der Waals surface area (Å²) in [6.45, 7) is 1.54. The second kappa shape index (κ2) is 7.68. The second-order valence-corrected chi connectivity index (χ2v) is 6.91. The van der Waals surface area contributed by atoms with Gasteiger partial charge in [-0.3, -0.25) is 4.79 Å². The molecule has 1 aliphatic carbocycles. The minimum Gasteiger partial charge on any atom is -0.350 e. The molecule has 1 N–H and O–H groups in total. The van der Waals surface area contributed by atoms with Crippen LogP contribution < -0.4 is 10.2 Å². The number of benzene rings is 1. The van der Waals surface area contributed by atoms with Crippen molar-refractivity contribution < 1.29 is 4.79 Å². The Morgan fingerprint density at radius 2 is 2.08 bits per heavy atom. The first-order chi connectivity index (χ1) is 12.8. The molecule has 5 nitrogen and oxygen atoms in total. The van der Waals surface area contributed by atoms with Crippen molar-refractivity contribution in [3.05, 3.63) is 59.6 Å². The van der Waals surface area contributed by atoms with E-state index in [0.29, 0.717) is 12.2 Å². The molecule has 0 bridgehead atoms. The number of amides is 1. The highest BCUT2D eigenvalue weighted by Crippen LogP contribution is 2.33. The molecule has 0 saturated heterocycles. The van der Waals surface area contributed by atoms with Gasteiger partial charge in [0, 0.05) is 24.8 Å². The van der Waals surface area contributed by atoms with Gasteiger partial charge in [-0.1, -0.05) is 29.8 Å². The molecule has 26 heavy (non-hydrogen) atoms. The molecule has 0 spiro atoms. The highest BCUT2D eigenvalue weighted by atomic mass is 16.1. The minimum absolute atomic E-state index is 0.127. The van der Waals surface area contributed by atoms with E-state index >= 15 is 0 Å². The summed E-state index contributed by atoms with van der Waals surface area (Å²) in [6, 6.07) is 10.1. The lowest BCUT2D eigenvalue weighted by Gasteiger charge is -2.18. The van der Waals surface area contributed by atoms with Crippen LogP contribution in [-0.2, 0) is 6.42 Å². The van der Waals surface area contributed by atoms with Crippen molar-refractivity contribution >= 4 is 17.4 Å². The van der Waals surface area contributed by atoms with Crippen LogP contribution in [-0.4, -0.2) is 29.0 Å². The minimum atomic E-state index is -0.127. The summed E-state index contributed by atoms with van der Waals surface area (Å²) in [7, 11) is 0. The number of rotatable bonds is 5. The van der Waals surface area contributed by atoms with Gasteiger partial charge in [0.25, 0.3) is 5.91 Å². The second-order valence-electron chi connectivity index (χ2n) is 6.91. The first-order valence-electron chi connectivity index (χ1n) is 9.45. The van der Waals surface area contributed by atoms with Crippen LogP contribution in [0.2, 0.25) is 0 Å². The molecule has 2 aromatic rings. The third kappa shape index (κ3) is 3.62. The Kier molecular flexibility index (Phi) is 4.95. The molecule has 2 heterocycles. The molecule has 1 amide bonds. The van der Waals surface area contributed by atoms with Gasteiger partial charge in [-0.2, -0.15) is 0 Å². The van der Waals surface area contributed by atoms with E-state index in [9.17, 15) is 4.79 Å². The number of para-hydroxylation sites is 1. The van der Waals surface area contributed by atoms with E-state index in [1.165, 1.54) is 48.8 Å². The van der Waals surface area contributed by atoms with Gasteiger partial charge in [0.2, 0.25) is 0 Å². The zero-order valence-electron chi connectivity index (χ0n) is 14.9. The molecule has 0 unspecified atom stereocenters. The number of nitrogens with zero attached hydrogens (tertiary/aromatic N) is 3. The van der Waals surface area contributed by atoms with Crippen LogP contribution >= 0.6 is 0 Å². The van der Waals surface area contributed by atoms with Gasteiger partial charge >= 0.3 is 0 Å². The molecule has 0 fully saturated rings. The van der Waals surface area contributed by atoms with Crippen LogP contribution in [0.3, 0.4) is 0 Å². The van der Waals surface area contributed by atoms with Crippen molar-refractivity contribution in [1.82, 2.24) is 15.3 Å². The summed E-state index contributed by atoms with van der Waals surface area (Å²) < 4.78 is 0. The van der Waals surface area contributed by atoms with Crippen LogP contribution in [0.4, 0.5) is 11.5 Å². The van der Waals surface area contributed by atoms with Crippen molar-refractivity contribution in [1.29, 1.82) is 0 Å². The summed E-state index contributed by atoms with van der Waals surface area (Å²) >= 11 is 0. The largest absolute Gasteiger partial charge is 0.350 e. The number of aromatic nitrogens is 2. The number of hydrogen-bond acceptors (Lipinski definition) is 4. The fraction of sp³-hybridized carbons (Fsp3) is 0.381. The zero-order valence-corrected chi connectivity index (χ0v) is 14.9. The molecule has 1 aromatic heterocycles. The number of anilines is 2. The average molecular weight is 348 g/mol. The number of hydrogen-bond donors (Lipinski definition) is 1. The maximum Gasteiger partial charge on any atom is 0.270 e. The van der Waals surface area contributed by atoms with Crippen molar-refractivity contribution in [3.63, 3.8) is 0 Å². The fourth-order valence-electron chi connectivity index (χ4n) is 3.75. The molecule has 134 valence electrons. The Bertz CT molecular complexity index is 830. The summed E-state index contributed by atoms with van der Waals surface area (Å²) in [6.07, 6.45) is 10.6. The Morgan fingerprint density at radius 1 is 1.15 bits per heavy atom. The Morgan fingerprint density at radius 3 is 2.96 bits per heavy atom. The Hall–Kier alpha value is -2.69. The predicted octanol–water partition coefficient (Wildman–Crippen LogP) is 3.79. The Labute approximate surface area is 154 Å². The summed E-state index contributed by atoms with van der Waals surface area (Å²) in [5.74, 6) is 0.655. The fourth-order valence-corrected chi connectivity index (χ4v) is 3.75. The van der Waals surface area contributed by atoms with Crippen LogP contribution in [0.1, 0.15) is 48.2 Å². The molecule has 5 heteroatoms. The van der Waals surface area contributed by atoms with Gasteiger partial charge < -0.3 is 10.2 Å². The number of nitrogens with one attached hydrogen (secondary N) is 1. The third-order valence-electron chi connectivity index (χ3n) is 5.17. The molecule has 1 aromatic carbocycles. The maximum absolute atomic E-state index is 12.5. The number of carbonyl (C=O) groups excluding carboxylic acids is 1. The Balaban J connectivity index is 1.41. The van der Waals surface area contributed by atoms with Crippen LogP contribution in [0, 0.1) is 0 Å². The number of fused-ring (bicyclic) bond motifs is 1. The van der Waals surface area contributed by atoms with Gasteiger partial charge in [0.15, 0.2) is 0 Å². The van der Waals surface area contributed by atoms with Crippen molar-refractivity contribution in [3.8, 4) is 0 Å². The molecule has 0 saturated carbocycles. The van der Waals surface area contributed by atoms with Crippen molar-refractivity contribution in [2.24, 2.45) is 0 Å². The summed E-state index contributed by atoms with van der Waals surface area (Å²) in [5.41, 5.74) is 4.38. The predicted molar refractivity (Wildman–Crippen MR) is 103 cm³/mol. The van der Waals surface area contributed by atoms with E-state index in [2.05, 4.69) is 44.5 Å². The van der Waals surface area contributed by atoms with Gasteiger partial charge in [-0.05, 0) is 50.2 Å². The zero-order chi connectivity index (χ0) is 17.8. The molecule has 0 atom stereocenters. The van der Waals surface area contributed by atoms with Gasteiger partial charge in [-0.25, -0.2) is 9.97 Å². The SMILES string of the molecule is O=C(NCCC1=CCCCC1)c1cc(N2CCc3ccccc32)ncn1. The third-order valence-corrected chi connectivity index (χ3v) is 5.17. The normalized spacial score (nSPS) is 16.2. The average Bonchev–Trinajstić information content (AvgIpc) is 3.13. The van der Waals surface area contributed by atoms with Crippen molar-refractivity contribution in [2.75, 3.05) is 18.0 Å². The quantitative estimate of drug-likeness (QED) is 0.835. The van der Waals surface area contributed by atoms with Gasteiger partial charge in [0.05, 0.1) is 0 Å². The lowest BCUT2D eigenvalue weighted by Crippen LogP contribution is -2.26. The first kappa shape index (κ1) is 16.8. The molecule has 4 rings (SSSR count). The van der Waals surface area contributed by atoms with E-state index in [1.807, 2.05) is 6.07 Å². The topological polar surface area (TPSA) is 58.1 Å². The number of allylic oxidation sites excluding steroid dienone is 1. The highest BCUT2D eigenvalue weighted by molar-refractivity contribution is 5.93. The lowest BCUT2D eigenvalue weighted by molar-refractivity contribution is 0.0949. The van der Waals surface area contributed by atoms with Crippen LogP contribution in [0.5, 0.6) is 0 Å². The monoisotopic (exact) mass is 348 g/mol. The maximum atomic E-state index is 12.5. The van der Waals surface area contributed by atoms with E-state index < -0.39 is 0 Å². The van der Waals surface area contributed by atoms with E-state index in [0.717, 1.165) is 25.2 Å². The summed E-state index contributed by atoms with van der Waals surface area (Å²) in [4.78, 5) is 23.2. The van der Waals surface area contributed by atoms with E-state index in [4.69, 9.17) is 0 Å². The number of carbonyl (C=O) groups is 1. The summed E-state index contributed by atoms with van der Waals surface area (Å²) in [5, 5.41) is 2.99. The van der Waals surface area contributed by atoms with Crippen LogP contribution in [0.25, 0.3) is 0 Å². The standard InChI is InChI=1S/C21H24N4O/c26-21(22-12-10-16-6-2-1-3-7-16)18-14-20(24-15-23-18)25-13-11-17-8-4-5-9-19(17)25/h4-6,8-9,14-15H,1-3,7,10-13H2,(H,22,26). The van der Waals surface area contributed by atoms with Gasteiger partial charge in [-0.15, -0.1) is 0 Å². The molecule has 2 aliphatic rings. The van der Waals surface area contributed by atoms with Gasteiger partial charge in [0.1, 0.15) is 17.8 Å².